The van der Waals surface area contributed by atoms with Crippen molar-refractivity contribution in [2.75, 3.05) is 7.05 Å². The van der Waals surface area contributed by atoms with Gasteiger partial charge in [0, 0.05) is 19.0 Å². The second-order valence-corrected chi connectivity index (χ2v) is 5.47. The van der Waals surface area contributed by atoms with Gasteiger partial charge >= 0.3 is 0 Å². The number of H-pyrrole nitrogens is 1. The predicted molar refractivity (Wildman–Crippen MR) is 87.7 cm³/mol. The van der Waals surface area contributed by atoms with Crippen molar-refractivity contribution in [1.82, 2.24) is 15.1 Å². The molecule has 1 heterocycles. The Morgan fingerprint density at radius 1 is 1.14 bits per heavy atom. The molecule has 0 radical (unpaired) electrons. The zero-order chi connectivity index (χ0) is 15.5. The van der Waals surface area contributed by atoms with E-state index in [1.54, 1.807) is 11.1 Å². The molecule has 3 aromatic rings. The highest BCUT2D eigenvalue weighted by Gasteiger charge is 2.15. The standard InChI is InChI=1S/C18H19N3O/c1-3-13-7-9-14(10-8-13)12-21(2)18(22)16-6-4-5-15-11-19-20-17(15)16/h4-11H,3,12H2,1-2H3,(H,19,20). The predicted octanol–water partition coefficient (Wildman–Crippen LogP) is 3.40. The van der Waals surface area contributed by atoms with Crippen LogP contribution in [0.4, 0.5) is 0 Å². The van der Waals surface area contributed by atoms with Gasteiger partial charge in [-0.05, 0) is 23.6 Å². The largest absolute Gasteiger partial charge is 0.337 e. The average molecular weight is 293 g/mol. The minimum Gasteiger partial charge on any atom is -0.337 e. The van der Waals surface area contributed by atoms with Crippen LogP contribution in [0.5, 0.6) is 0 Å². The third-order valence-corrected chi connectivity index (χ3v) is 3.90. The number of carbonyl (C=O) groups is 1. The summed E-state index contributed by atoms with van der Waals surface area (Å²) >= 11 is 0. The fourth-order valence-corrected chi connectivity index (χ4v) is 2.58. The number of aromatic nitrogens is 2. The van der Waals surface area contributed by atoms with Gasteiger partial charge in [0.2, 0.25) is 0 Å². The molecule has 0 aliphatic heterocycles. The van der Waals surface area contributed by atoms with E-state index in [1.807, 2.05) is 25.2 Å². The number of fused-ring (bicyclic) bond motifs is 1. The molecule has 0 saturated carbocycles. The van der Waals surface area contributed by atoms with E-state index in [0.29, 0.717) is 12.1 Å². The van der Waals surface area contributed by atoms with Gasteiger partial charge in [-0.3, -0.25) is 9.89 Å². The summed E-state index contributed by atoms with van der Waals surface area (Å²) in [7, 11) is 1.82. The van der Waals surface area contributed by atoms with E-state index >= 15 is 0 Å². The summed E-state index contributed by atoms with van der Waals surface area (Å²) in [5, 5.41) is 7.87. The van der Waals surface area contributed by atoms with Crippen LogP contribution in [0.3, 0.4) is 0 Å². The molecule has 2 aromatic carbocycles. The van der Waals surface area contributed by atoms with Gasteiger partial charge in [0.25, 0.3) is 5.91 Å². The first-order chi connectivity index (χ1) is 10.7. The number of carbonyl (C=O) groups excluding carboxylic acids is 1. The quantitative estimate of drug-likeness (QED) is 0.801. The molecule has 1 N–H and O–H groups in total. The van der Waals surface area contributed by atoms with E-state index in [9.17, 15) is 4.79 Å². The lowest BCUT2D eigenvalue weighted by Crippen LogP contribution is -2.26. The highest BCUT2D eigenvalue weighted by Crippen LogP contribution is 2.18. The van der Waals surface area contributed by atoms with Crippen LogP contribution in [0.1, 0.15) is 28.4 Å². The van der Waals surface area contributed by atoms with Crippen LogP contribution in [0, 0.1) is 0 Å². The molecular weight excluding hydrogens is 274 g/mol. The molecule has 0 aliphatic rings. The summed E-state index contributed by atoms with van der Waals surface area (Å²) in [6, 6.07) is 14.1. The third-order valence-electron chi connectivity index (χ3n) is 3.90. The Labute approximate surface area is 129 Å². The number of para-hydroxylation sites is 1. The highest BCUT2D eigenvalue weighted by atomic mass is 16.2. The van der Waals surface area contributed by atoms with Crippen LogP contribution in [0.2, 0.25) is 0 Å². The number of hydrogen-bond acceptors (Lipinski definition) is 2. The van der Waals surface area contributed by atoms with Gasteiger partial charge in [-0.2, -0.15) is 5.10 Å². The zero-order valence-electron chi connectivity index (χ0n) is 12.8. The van der Waals surface area contributed by atoms with E-state index in [1.165, 1.54) is 5.56 Å². The lowest BCUT2D eigenvalue weighted by molar-refractivity contribution is 0.0787. The normalized spacial score (nSPS) is 10.8. The molecule has 0 aliphatic carbocycles. The molecule has 22 heavy (non-hydrogen) atoms. The molecule has 0 fully saturated rings. The summed E-state index contributed by atoms with van der Waals surface area (Å²) in [5.41, 5.74) is 3.88. The SMILES string of the molecule is CCc1ccc(CN(C)C(=O)c2cccc3cn[nH]c23)cc1. The number of aromatic amines is 1. The van der Waals surface area contributed by atoms with E-state index in [0.717, 1.165) is 22.9 Å². The Bertz CT molecular complexity index is 789. The van der Waals surface area contributed by atoms with Gasteiger partial charge in [-0.1, -0.05) is 43.3 Å². The molecule has 1 amide bonds. The van der Waals surface area contributed by atoms with Gasteiger partial charge in [0.1, 0.15) is 0 Å². The van der Waals surface area contributed by atoms with Crippen molar-refractivity contribution in [1.29, 1.82) is 0 Å². The number of amides is 1. The summed E-state index contributed by atoms with van der Waals surface area (Å²) < 4.78 is 0. The van der Waals surface area contributed by atoms with Gasteiger partial charge in [-0.15, -0.1) is 0 Å². The lowest BCUT2D eigenvalue weighted by atomic mass is 10.1. The van der Waals surface area contributed by atoms with Crippen LogP contribution >= 0.6 is 0 Å². The fraction of sp³-hybridized carbons (Fsp3) is 0.222. The van der Waals surface area contributed by atoms with Crippen LogP contribution in [0.25, 0.3) is 10.9 Å². The smallest absolute Gasteiger partial charge is 0.256 e. The molecule has 0 spiro atoms. The lowest BCUT2D eigenvalue weighted by Gasteiger charge is -2.18. The number of hydrogen-bond donors (Lipinski definition) is 1. The molecular formula is C18H19N3O. The zero-order valence-corrected chi connectivity index (χ0v) is 12.8. The number of aryl methyl sites for hydroxylation is 1. The Morgan fingerprint density at radius 2 is 1.86 bits per heavy atom. The van der Waals surface area contributed by atoms with Crippen LogP contribution in [-0.2, 0) is 13.0 Å². The summed E-state index contributed by atoms with van der Waals surface area (Å²) in [4.78, 5) is 14.4. The summed E-state index contributed by atoms with van der Waals surface area (Å²) in [5.74, 6) is -0.00517. The van der Waals surface area contributed by atoms with Crippen molar-refractivity contribution in [3.05, 3.63) is 65.4 Å². The molecule has 4 heteroatoms. The van der Waals surface area contributed by atoms with E-state index < -0.39 is 0 Å². The Kier molecular flexibility index (Phi) is 3.92. The van der Waals surface area contributed by atoms with Crippen LogP contribution < -0.4 is 0 Å². The minimum absolute atomic E-state index is 0.00517. The molecule has 0 atom stereocenters. The molecule has 1 aromatic heterocycles. The van der Waals surface area contributed by atoms with Crippen molar-refractivity contribution < 1.29 is 4.79 Å². The summed E-state index contributed by atoms with van der Waals surface area (Å²) in [6.45, 7) is 2.73. The molecule has 0 saturated heterocycles. The van der Waals surface area contributed by atoms with Crippen molar-refractivity contribution in [3.8, 4) is 0 Å². The number of nitrogens with one attached hydrogen (secondary N) is 1. The van der Waals surface area contributed by atoms with Gasteiger partial charge in [0.05, 0.1) is 17.3 Å². The van der Waals surface area contributed by atoms with E-state index in [2.05, 4.69) is 41.4 Å². The highest BCUT2D eigenvalue weighted by molar-refractivity contribution is 6.05. The number of benzene rings is 2. The Morgan fingerprint density at radius 3 is 2.59 bits per heavy atom. The summed E-state index contributed by atoms with van der Waals surface area (Å²) in [6.07, 6.45) is 2.76. The molecule has 0 bridgehead atoms. The molecule has 112 valence electrons. The van der Waals surface area contributed by atoms with Crippen molar-refractivity contribution in [3.63, 3.8) is 0 Å². The second-order valence-electron chi connectivity index (χ2n) is 5.47. The van der Waals surface area contributed by atoms with Crippen LogP contribution in [-0.4, -0.2) is 28.1 Å². The number of rotatable bonds is 4. The maximum Gasteiger partial charge on any atom is 0.256 e. The Balaban J connectivity index is 1.80. The van der Waals surface area contributed by atoms with Crippen molar-refractivity contribution in [2.24, 2.45) is 0 Å². The van der Waals surface area contributed by atoms with Gasteiger partial charge < -0.3 is 4.90 Å². The Hall–Kier alpha value is -2.62. The van der Waals surface area contributed by atoms with Crippen LogP contribution in [0.15, 0.2) is 48.7 Å². The minimum atomic E-state index is -0.00517. The van der Waals surface area contributed by atoms with E-state index in [4.69, 9.17) is 0 Å². The molecule has 0 unspecified atom stereocenters. The van der Waals surface area contributed by atoms with E-state index in [-0.39, 0.29) is 5.91 Å². The first-order valence-electron chi connectivity index (χ1n) is 7.44. The second kappa shape index (κ2) is 6.02. The first kappa shape index (κ1) is 14.3. The first-order valence-corrected chi connectivity index (χ1v) is 7.44. The maximum absolute atomic E-state index is 12.7. The number of nitrogens with zero attached hydrogens (tertiary/aromatic N) is 2. The van der Waals surface area contributed by atoms with Crippen molar-refractivity contribution >= 4 is 16.8 Å². The maximum atomic E-state index is 12.7. The monoisotopic (exact) mass is 293 g/mol. The van der Waals surface area contributed by atoms with Gasteiger partial charge in [-0.25, -0.2) is 0 Å². The van der Waals surface area contributed by atoms with Crippen molar-refractivity contribution in [2.45, 2.75) is 19.9 Å². The molecule has 3 rings (SSSR count). The molecule has 4 nitrogen and oxygen atoms in total. The fourth-order valence-electron chi connectivity index (χ4n) is 2.58. The third kappa shape index (κ3) is 2.72. The average Bonchev–Trinajstić information content (AvgIpc) is 3.03. The van der Waals surface area contributed by atoms with Gasteiger partial charge in [0.15, 0.2) is 0 Å². The topological polar surface area (TPSA) is 49.0 Å².